The number of carbonyl (C=O) groups excluding carboxylic acids is 1. The summed E-state index contributed by atoms with van der Waals surface area (Å²) in [6.07, 6.45) is 0. The third-order valence-electron chi connectivity index (χ3n) is 3.91. The number of anilines is 1. The Hall–Kier alpha value is -2.51. The normalized spacial score (nSPS) is 10.7. The van der Waals surface area contributed by atoms with Crippen LogP contribution in [0.5, 0.6) is 5.75 Å². The maximum Gasteiger partial charge on any atom is 0.234 e. The fourth-order valence-corrected chi connectivity index (χ4v) is 3.37. The summed E-state index contributed by atoms with van der Waals surface area (Å²) in [6, 6.07) is 13.1. The van der Waals surface area contributed by atoms with Gasteiger partial charge in [0.25, 0.3) is 0 Å². The lowest BCUT2D eigenvalue weighted by molar-refractivity contribution is -0.113. The molecule has 0 spiro atoms. The SMILES string of the molecule is COc1ccc(Cl)cc1NC(=O)CSc1nnc(-c2ccc(C)cc2)n1C. The number of aryl methyl sites for hydroxylation is 1. The highest BCUT2D eigenvalue weighted by atomic mass is 35.5. The number of hydrogen-bond acceptors (Lipinski definition) is 5. The molecule has 0 aliphatic rings. The van der Waals surface area contributed by atoms with Crippen LogP contribution < -0.4 is 10.1 Å². The number of halogens is 1. The second-order valence-corrected chi connectivity index (χ2v) is 7.29. The summed E-state index contributed by atoms with van der Waals surface area (Å²) in [7, 11) is 3.43. The van der Waals surface area contributed by atoms with Crippen molar-refractivity contribution in [1.82, 2.24) is 14.8 Å². The summed E-state index contributed by atoms with van der Waals surface area (Å²) in [5.41, 5.74) is 2.70. The van der Waals surface area contributed by atoms with Crippen molar-refractivity contribution in [1.29, 1.82) is 0 Å². The van der Waals surface area contributed by atoms with Crippen molar-refractivity contribution >= 4 is 35.0 Å². The Kier molecular flexibility index (Phi) is 6.03. The number of aromatic nitrogens is 3. The largest absolute Gasteiger partial charge is 0.495 e. The molecule has 140 valence electrons. The van der Waals surface area contributed by atoms with Gasteiger partial charge in [-0.3, -0.25) is 4.79 Å². The molecule has 0 saturated heterocycles. The van der Waals surface area contributed by atoms with Crippen LogP contribution in [-0.4, -0.2) is 33.5 Å². The molecule has 1 N–H and O–H groups in total. The van der Waals surface area contributed by atoms with Crippen LogP contribution in [0.25, 0.3) is 11.4 Å². The van der Waals surface area contributed by atoms with Gasteiger partial charge < -0.3 is 14.6 Å². The standard InChI is InChI=1S/C19H19ClN4O2S/c1-12-4-6-13(7-5-12)18-22-23-19(24(18)2)27-11-17(25)21-15-10-14(20)8-9-16(15)26-3/h4-10H,11H2,1-3H3,(H,21,25). The number of thioether (sulfide) groups is 1. The van der Waals surface area contributed by atoms with Gasteiger partial charge in [-0.2, -0.15) is 0 Å². The van der Waals surface area contributed by atoms with Crippen molar-refractivity contribution in [3.63, 3.8) is 0 Å². The number of nitrogens with one attached hydrogen (secondary N) is 1. The Bertz CT molecular complexity index is 957. The van der Waals surface area contributed by atoms with Crippen LogP contribution >= 0.6 is 23.4 Å². The minimum atomic E-state index is -0.180. The van der Waals surface area contributed by atoms with E-state index in [1.54, 1.807) is 25.3 Å². The van der Waals surface area contributed by atoms with Gasteiger partial charge in [-0.15, -0.1) is 10.2 Å². The number of benzene rings is 2. The lowest BCUT2D eigenvalue weighted by Crippen LogP contribution is -2.15. The molecule has 0 fully saturated rings. The zero-order chi connectivity index (χ0) is 19.4. The van der Waals surface area contributed by atoms with E-state index in [-0.39, 0.29) is 11.7 Å². The lowest BCUT2D eigenvalue weighted by Gasteiger charge is -2.10. The second-order valence-electron chi connectivity index (χ2n) is 5.91. The first-order valence-corrected chi connectivity index (χ1v) is 9.57. The molecule has 0 saturated carbocycles. The van der Waals surface area contributed by atoms with E-state index in [0.717, 1.165) is 11.4 Å². The topological polar surface area (TPSA) is 69.0 Å². The molecule has 2 aromatic carbocycles. The molecule has 1 aromatic heterocycles. The maximum absolute atomic E-state index is 12.3. The van der Waals surface area contributed by atoms with Gasteiger partial charge in [0.15, 0.2) is 11.0 Å². The molecule has 27 heavy (non-hydrogen) atoms. The van der Waals surface area contributed by atoms with Gasteiger partial charge in [0.05, 0.1) is 18.6 Å². The molecule has 6 nitrogen and oxygen atoms in total. The number of nitrogens with zero attached hydrogens (tertiary/aromatic N) is 3. The van der Waals surface area contributed by atoms with Gasteiger partial charge >= 0.3 is 0 Å². The van der Waals surface area contributed by atoms with Crippen molar-refractivity contribution in [2.75, 3.05) is 18.2 Å². The zero-order valence-electron chi connectivity index (χ0n) is 15.2. The number of ether oxygens (including phenoxy) is 1. The van der Waals surface area contributed by atoms with E-state index in [1.807, 2.05) is 42.8 Å². The Morgan fingerprint density at radius 1 is 1.22 bits per heavy atom. The fraction of sp³-hybridized carbons (Fsp3) is 0.211. The molecular weight excluding hydrogens is 384 g/mol. The molecule has 0 atom stereocenters. The van der Waals surface area contributed by atoms with Crippen molar-refractivity contribution in [3.05, 3.63) is 53.1 Å². The number of rotatable bonds is 6. The van der Waals surface area contributed by atoms with Gasteiger partial charge in [-0.1, -0.05) is 53.2 Å². The summed E-state index contributed by atoms with van der Waals surface area (Å²) >= 11 is 7.30. The van der Waals surface area contributed by atoms with Gasteiger partial charge in [0.1, 0.15) is 5.75 Å². The molecule has 3 aromatic rings. The molecule has 3 rings (SSSR count). The summed E-state index contributed by atoms with van der Waals surface area (Å²) in [5, 5.41) is 12.4. The number of amides is 1. The van der Waals surface area contributed by atoms with Crippen LogP contribution in [0.2, 0.25) is 5.02 Å². The summed E-state index contributed by atoms with van der Waals surface area (Å²) in [5.74, 6) is 1.32. The predicted octanol–water partition coefficient (Wildman–Crippen LogP) is 4.18. The van der Waals surface area contributed by atoms with Gasteiger partial charge in [-0.05, 0) is 25.1 Å². The van der Waals surface area contributed by atoms with Crippen molar-refractivity contribution in [3.8, 4) is 17.1 Å². The third kappa shape index (κ3) is 4.61. The van der Waals surface area contributed by atoms with Crippen LogP contribution in [0.1, 0.15) is 5.56 Å². The quantitative estimate of drug-likeness (QED) is 0.626. The molecule has 0 radical (unpaired) electrons. The first-order chi connectivity index (χ1) is 13.0. The first-order valence-electron chi connectivity index (χ1n) is 8.20. The van der Waals surface area contributed by atoms with Crippen LogP contribution in [0, 0.1) is 6.92 Å². The van der Waals surface area contributed by atoms with Crippen LogP contribution in [-0.2, 0) is 11.8 Å². The van der Waals surface area contributed by atoms with E-state index in [0.29, 0.717) is 21.6 Å². The van der Waals surface area contributed by atoms with Gasteiger partial charge in [0, 0.05) is 17.6 Å². The number of hydrogen-bond donors (Lipinski definition) is 1. The van der Waals surface area contributed by atoms with Crippen LogP contribution in [0.4, 0.5) is 5.69 Å². The molecule has 1 amide bonds. The Morgan fingerprint density at radius 2 is 1.96 bits per heavy atom. The van der Waals surface area contributed by atoms with E-state index in [9.17, 15) is 4.79 Å². The van der Waals surface area contributed by atoms with E-state index in [1.165, 1.54) is 17.3 Å². The summed E-state index contributed by atoms with van der Waals surface area (Å²) in [6.45, 7) is 2.04. The summed E-state index contributed by atoms with van der Waals surface area (Å²) in [4.78, 5) is 12.3. The number of methoxy groups -OCH3 is 1. The average molecular weight is 403 g/mol. The van der Waals surface area contributed by atoms with Crippen molar-refractivity contribution in [2.24, 2.45) is 7.05 Å². The fourth-order valence-electron chi connectivity index (χ4n) is 2.49. The minimum Gasteiger partial charge on any atom is -0.495 e. The molecule has 0 aliphatic heterocycles. The van der Waals surface area contributed by atoms with E-state index in [4.69, 9.17) is 16.3 Å². The molecule has 1 heterocycles. The molecular formula is C19H19ClN4O2S. The highest BCUT2D eigenvalue weighted by Gasteiger charge is 2.14. The highest BCUT2D eigenvalue weighted by molar-refractivity contribution is 7.99. The highest BCUT2D eigenvalue weighted by Crippen LogP contribution is 2.28. The Balaban J connectivity index is 1.66. The van der Waals surface area contributed by atoms with Gasteiger partial charge in [0.2, 0.25) is 5.91 Å². The second kappa shape index (κ2) is 8.45. The summed E-state index contributed by atoms with van der Waals surface area (Å²) < 4.78 is 7.11. The maximum atomic E-state index is 12.3. The Labute approximate surface area is 166 Å². The average Bonchev–Trinajstić information content (AvgIpc) is 3.01. The third-order valence-corrected chi connectivity index (χ3v) is 5.17. The zero-order valence-corrected chi connectivity index (χ0v) is 16.8. The van der Waals surface area contributed by atoms with Crippen LogP contribution in [0.3, 0.4) is 0 Å². The van der Waals surface area contributed by atoms with E-state index < -0.39 is 0 Å². The van der Waals surface area contributed by atoms with E-state index in [2.05, 4.69) is 15.5 Å². The smallest absolute Gasteiger partial charge is 0.234 e. The molecule has 0 unspecified atom stereocenters. The van der Waals surface area contributed by atoms with E-state index >= 15 is 0 Å². The molecule has 0 bridgehead atoms. The van der Waals surface area contributed by atoms with Crippen LogP contribution in [0.15, 0.2) is 47.6 Å². The molecule has 8 heteroatoms. The monoisotopic (exact) mass is 402 g/mol. The van der Waals surface area contributed by atoms with Crippen molar-refractivity contribution < 1.29 is 9.53 Å². The lowest BCUT2D eigenvalue weighted by atomic mass is 10.1. The molecule has 0 aliphatic carbocycles. The van der Waals surface area contributed by atoms with Gasteiger partial charge in [-0.25, -0.2) is 0 Å². The predicted molar refractivity (Wildman–Crippen MR) is 109 cm³/mol. The minimum absolute atomic E-state index is 0.180. The van der Waals surface area contributed by atoms with Crippen molar-refractivity contribution in [2.45, 2.75) is 12.1 Å². The number of carbonyl (C=O) groups is 1. The Morgan fingerprint density at radius 3 is 2.67 bits per heavy atom. The first kappa shape index (κ1) is 19.3.